The fraction of sp³-hybridized carbons (Fsp3) is 0.500. The van der Waals surface area contributed by atoms with Crippen LogP contribution < -0.4 is 5.32 Å². The first kappa shape index (κ1) is 15.6. The Morgan fingerprint density at radius 1 is 1.38 bits per heavy atom. The van der Waals surface area contributed by atoms with Gasteiger partial charge in [-0.15, -0.1) is 0 Å². The summed E-state index contributed by atoms with van der Waals surface area (Å²) in [7, 11) is 0. The molecule has 1 aromatic rings. The molecule has 112 valence electrons. The summed E-state index contributed by atoms with van der Waals surface area (Å²) < 4.78 is 0. The molecular formula is C18H23NO2. The van der Waals surface area contributed by atoms with Crippen molar-refractivity contribution in [2.45, 2.75) is 46.0 Å². The number of carbonyl (C=O) groups is 1. The van der Waals surface area contributed by atoms with Crippen LogP contribution in [0.2, 0.25) is 0 Å². The van der Waals surface area contributed by atoms with Gasteiger partial charge in [-0.1, -0.05) is 31.6 Å². The van der Waals surface area contributed by atoms with Crippen molar-refractivity contribution in [3.8, 4) is 11.8 Å². The van der Waals surface area contributed by atoms with E-state index in [-0.39, 0.29) is 17.9 Å². The highest BCUT2D eigenvalue weighted by Gasteiger charge is 2.39. The number of amides is 1. The largest absolute Gasteiger partial charge is 0.384 e. The van der Waals surface area contributed by atoms with Crippen molar-refractivity contribution in [1.82, 2.24) is 0 Å². The van der Waals surface area contributed by atoms with E-state index in [0.29, 0.717) is 0 Å². The van der Waals surface area contributed by atoms with Gasteiger partial charge < -0.3 is 10.4 Å². The third kappa shape index (κ3) is 3.46. The minimum atomic E-state index is -0.177. The van der Waals surface area contributed by atoms with Crippen LogP contribution in [-0.4, -0.2) is 17.6 Å². The van der Waals surface area contributed by atoms with Gasteiger partial charge in [0.15, 0.2) is 0 Å². The molecule has 3 heteroatoms. The van der Waals surface area contributed by atoms with Gasteiger partial charge >= 0.3 is 0 Å². The van der Waals surface area contributed by atoms with Crippen LogP contribution in [0.25, 0.3) is 0 Å². The number of aliphatic hydroxyl groups is 1. The Morgan fingerprint density at radius 2 is 2.10 bits per heavy atom. The van der Waals surface area contributed by atoms with Crippen LogP contribution in [-0.2, 0) is 4.79 Å². The zero-order valence-corrected chi connectivity index (χ0v) is 12.8. The maximum absolute atomic E-state index is 12.6. The first-order valence-corrected chi connectivity index (χ1v) is 7.63. The second-order valence-corrected chi connectivity index (χ2v) is 5.78. The predicted octanol–water partition coefficient (Wildman–Crippen LogP) is 3.25. The fourth-order valence-corrected chi connectivity index (χ4v) is 3.07. The van der Waals surface area contributed by atoms with Crippen molar-refractivity contribution in [2.75, 3.05) is 11.9 Å². The maximum atomic E-state index is 12.6. The van der Waals surface area contributed by atoms with Crippen molar-refractivity contribution in [3.05, 3.63) is 29.3 Å². The molecular weight excluding hydrogens is 262 g/mol. The molecule has 1 aliphatic rings. The second-order valence-electron chi connectivity index (χ2n) is 5.78. The van der Waals surface area contributed by atoms with Crippen molar-refractivity contribution in [1.29, 1.82) is 0 Å². The number of rotatable bonds is 3. The average Bonchev–Trinajstić information content (AvgIpc) is 2.96. The third-order valence-corrected chi connectivity index (χ3v) is 4.51. The van der Waals surface area contributed by atoms with Crippen molar-refractivity contribution in [2.24, 2.45) is 5.41 Å². The lowest BCUT2D eigenvalue weighted by Crippen LogP contribution is -2.33. The Labute approximate surface area is 126 Å². The van der Waals surface area contributed by atoms with Gasteiger partial charge in [0, 0.05) is 16.7 Å². The molecule has 0 aliphatic heterocycles. The van der Waals surface area contributed by atoms with Crippen molar-refractivity contribution in [3.63, 3.8) is 0 Å². The zero-order chi connectivity index (χ0) is 15.3. The first-order chi connectivity index (χ1) is 10.1. The van der Waals surface area contributed by atoms with Crippen molar-refractivity contribution < 1.29 is 9.90 Å². The van der Waals surface area contributed by atoms with E-state index in [1.54, 1.807) is 0 Å². The molecule has 0 saturated heterocycles. The highest BCUT2D eigenvalue weighted by atomic mass is 16.2. The Balaban J connectivity index is 2.13. The molecule has 0 bridgehead atoms. The Kier molecular flexibility index (Phi) is 5.03. The van der Waals surface area contributed by atoms with Gasteiger partial charge in [0.1, 0.15) is 6.61 Å². The third-order valence-electron chi connectivity index (χ3n) is 4.51. The summed E-state index contributed by atoms with van der Waals surface area (Å²) in [6.07, 6.45) is 5.19. The topological polar surface area (TPSA) is 49.3 Å². The van der Waals surface area contributed by atoms with Gasteiger partial charge in [-0.25, -0.2) is 0 Å². The molecule has 1 amide bonds. The Morgan fingerprint density at radius 3 is 2.67 bits per heavy atom. The first-order valence-electron chi connectivity index (χ1n) is 7.63. The number of aliphatic hydroxyl groups excluding tert-OH is 1. The van der Waals surface area contributed by atoms with E-state index in [4.69, 9.17) is 5.11 Å². The molecule has 0 heterocycles. The predicted molar refractivity (Wildman–Crippen MR) is 85.0 cm³/mol. The van der Waals surface area contributed by atoms with Crippen LogP contribution in [0.5, 0.6) is 0 Å². The van der Waals surface area contributed by atoms with E-state index in [1.807, 2.05) is 25.1 Å². The number of hydrogen-bond acceptors (Lipinski definition) is 2. The van der Waals surface area contributed by atoms with E-state index in [1.165, 1.54) is 0 Å². The molecule has 2 rings (SSSR count). The Bertz CT molecular complexity index is 575. The van der Waals surface area contributed by atoms with Gasteiger partial charge in [-0.3, -0.25) is 4.79 Å². The molecule has 1 saturated carbocycles. The fourth-order valence-electron chi connectivity index (χ4n) is 3.07. The smallest absolute Gasteiger partial charge is 0.230 e. The molecule has 0 radical (unpaired) electrons. The molecule has 0 aromatic heterocycles. The summed E-state index contributed by atoms with van der Waals surface area (Å²) in [5.41, 5.74) is 2.54. The van der Waals surface area contributed by atoms with Gasteiger partial charge in [0.25, 0.3) is 0 Å². The minimum Gasteiger partial charge on any atom is -0.384 e. The molecule has 0 atom stereocenters. The van der Waals surface area contributed by atoms with Crippen LogP contribution in [0.3, 0.4) is 0 Å². The summed E-state index contributed by atoms with van der Waals surface area (Å²) in [5.74, 6) is 5.70. The maximum Gasteiger partial charge on any atom is 0.230 e. The van der Waals surface area contributed by atoms with Crippen LogP contribution in [0.1, 0.15) is 50.2 Å². The molecule has 0 unspecified atom stereocenters. The average molecular weight is 285 g/mol. The summed E-state index contributed by atoms with van der Waals surface area (Å²) in [5, 5.41) is 11.8. The van der Waals surface area contributed by atoms with Crippen LogP contribution in [0.4, 0.5) is 5.69 Å². The molecule has 1 aliphatic carbocycles. The Hall–Kier alpha value is -1.79. The number of nitrogens with one attached hydrogen (secondary N) is 1. The normalized spacial score (nSPS) is 16.1. The van der Waals surface area contributed by atoms with Crippen LogP contribution in [0.15, 0.2) is 18.2 Å². The molecule has 21 heavy (non-hydrogen) atoms. The molecule has 3 nitrogen and oxygen atoms in total. The van der Waals surface area contributed by atoms with E-state index in [9.17, 15) is 4.79 Å². The molecule has 0 spiro atoms. The number of aryl methyl sites for hydroxylation is 1. The SMILES string of the molecule is CCC1(C(=O)Nc2ccc(C#CCO)c(C)c2)CCCC1. The van der Waals surface area contributed by atoms with Gasteiger partial charge in [-0.05, 0) is 49.9 Å². The number of hydrogen-bond donors (Lipinski definition) is 2. The molecule has 2 N–H and O–H groups in total. The lowest BCUT2D eigenvalue weighted by atomic mass is 9.82. The van der Waals surface area contributed by atoms with Gasteiger partial charge in [-0.2, -0.15) is 0 Å². The van der Waals surface area contributed by atoms with E-state index < -0.39 is 0 Å². The monoisotopic (exact) mass is 285 g/mol. The lowest BCUT2D eigenvalue weighted by molar-refractivity contribution is -0.125. The summed E-state index contributed by atoms with van der Waals surface area (Å²) >= 11 is 0. The lowest BCUT2D eigenvalue weighted by Gasteiger charge is -2.26. The van der Waals surface area contributed by atoms with E-state index >= 15 is 0 Å². The number of anilines is 1. The second kappa shape index (κ2) is 6.78. The van der Waals surface area contributed by atoms with Crippen LogP contribution >= 0.6 is 0 Å². The number of carbonyl (C=O) groups excluding carboxylic acids is 1. The summed E-state index contributed by atoms with van der Waals surface area (Å²) in [6, 6.07) is 5.71. The van der Waals surface area contributed by atoms with E-state index in [0.717, 1.165) is 48.9 Å². The van der Waals surface area contributed by atoms with Crippen molar-refractivity contribution >= 4 is 11.6 Å². The summed E-state index contributed by atoms with van der Waals surface area (Å²) in [6.45, 7) is 3.92. The zero-order valence-electron chi connectivity index (χ0n) is 12.8. The minimum absolute atomic E-state index is 0.142. The number of benzene rings is 1. The quantitative estimate of drug-likeness (QED) is 0.838. The molecule has 1 aromatic carbocycles. The van der Waals surface area contributed by atoms with E-state index in [2.05, 4.69) is 24.1 Å². The highest BCUT2D eigenvalue weighted by Crippen LogP contribution is 2.41. The van der Waals surface area contributed by atoms with Gasteiger partial charge in [0.05, 0.1) is 0 Å². The summed E-state index contributed by atoms with van der Waals surface area (Å²) in [4.78, 5) is 12.6. The van der Waals surface area contributed by atoms with Crippen LogP contribution in [0, 0.1) is 24.2 Å². The molecule has 1 fully saturated rings. The van der Waals surface area contributed by atoms with Gasteiger partial charge in [0.2, 0.25) is 5.91 Å². The highest BCUT2D eigenvalue weighted by molar-refractivity contribution is 5.95. The standard InChI is InChI=1S/C18H23NO2/c1-3-18(10-4-5-11-18)17(21)19-16-9-8-15(7-6-12-20)14(2)13-16/h8-9,13,20H,3-5,10-12H2,1-2H3,(H,19,21).